The molecular weight excluding hydrogens is 332 g/mol. The highest BCUT2D eigenvalue weighted by atomic mass is 79.9. The summed E-state index contributed by atoms with van der Waals surface area (Å²) in [5.74, 6) is 0. The number of nitrogens with zero attached hydrogens (tertiary/aromatic N) is 1. The van der Waals surface area contributed by atoms with Crippen molar-refractivity contribution in [2.75, 3.05) is 20.1 Å². The summed E-state index contributed by atoms with van der Waals surface area (Å²) in [6, 6.07) is 2.22. The van der Waals surface area contributed by atoms with Crippen LogP contribution in [0.25, 0.3) is 0 Å². The minimum absolute atomic E-state index is 0.259. The first kappa shape index (κ1) is 18.1. The van der Waals surface area contributed by atoms with Crippen molar-refractivity contribution in [1.29, 1.82) is 0 Å². The van der Waals surface area contributed by atoms with Gasteiger partial charge < -0.3 is 10.2 Å². The van der Waals surface area contributed by atoms with Gasteiger partial charge in [-0.05, 0) is 86.7 Å². The Balaban J connectivity index is 1.98. The average Bonchev–Trinajstić information content (AvgIpc) is 2.72. The lowest BCUT2D eigenvalue weighted by Crippen LogP contribution is -2.36. The third-order valence-corrected chi connectivity index (χ3v) is 4.75. The van der Waals surface area contributed by atoms with Crippen molar-refractivity contribution in [3.63, 3.8) is 0 Å². The molecule has 0 unspecified atom stereocenters. The fourth-order valence-corrected chi connectivity index (χ4v) is 3.34. The minimum atomic E-state index is 0.259. The highest BCUT2D eigenvalue weighted by Gasteiger charge is 2.07. The van der Waals surface area contributed by atoms with E-state index in [1.807, 2.05) is 0 Å². The Bertz CT molecular complexity index is 371. The summed E-state index contributed by atoms with van der Waals surface area (Å²) in [4.78, 5) is 2.42. The molecule has 1 aromatic rings. The van der Waals surface area contributed by atoms with Gasteiger partial charge >= 0.3 is 0 Å². The van der Waals surface area contributed by atoms with Gasteiger partial charge in [0.25, 0.3) is 0 Å². The Morgan fingerprint density at radius 1 is 1.20 bits per heavy atom. The highest BCUT2D eigenvalue weighted by Crippen LogP contribution is 2.21. The van der Waals surface area contributed by atoms with Crippen molar-refractivity contribution in [3.05, 3.63) is 20.8 Å². The third kappa shape index (κ3) is 9.11. The van der Waals surface area contributed by atoms with Crippen molar-refractivity contribution in [3.8, 4) is 0 Å². The van der Waals surface area contributed by atoms with Crippen LogP contribution in [0, 0.1) is 0 Å². The van der Waals surface area contributed by atoms with Crippen LogP contribution in [0.15, 0.2) is 15.2 Å². The maximum Gasteiger partial charge on any atom is 0.0701 e. The molecule has 1 heterocycles. The summed E-state index contributed by atoms with van der Waals surface area (Å²) in [7, 11) is 2.22. The average molecular weight is 361 g/mol. The van der Waals surface area contributed by atoms with Gasteiger partial charge in [-0.15, -0.1) is 11.3 Å². The van der Waals surface area contributed by atoms with Gasteiger partial charge in [0.2, 0.25) is 0 Å². The molecule has 1 aromatic heterocycles. The van der Waals surface area contributed by atoms with Crippen LogP contribution in [-0.4, -0.2) is 30.6 Å². The second-order valence-corrected chi connectivity index (χ2v) is 8.88. The summed E-state index contributed by atoms with van der Waals surface area (Å²) >= 11 is 5.29. The van der Waals surface area contributed by atoms with Gasteiger partial charge in [-0.25, -0.2) is 0 Å². The van der Waals surface area contributed by atoms with E-state index >= 15 is 0 Å². The minimum Gasteiger partial charge on any atom is -0.312 e. The first-order valence-corrected chi connectivity index (χ1v) is 9.20. The second kappa shape index (κ2) is 9.19. The van der Waals surface area contributed by atoms with Gasteiger partial charge in [-0.1, -0.05) is 12.8 Å². The van der Waals surface area contributed by atoms with Crippen LogP contribution in [0.5, 0.6) is 0 Å². The van der Waals surface area contributed by atoms with Gasteiger partial charge in [-0.3, -0.25) is 0 Å². The standard InChI is InChI=1S/C16H29BrN2S/c1-16(2,3)18-9-7-5-6-8-10-19(4)12-14-11-15(17)20-13-14/h11,13,18H,5-10,12H2,1-4H3. The molecule has 0 atom stereocenters. The number of thiophene rings is 1. The fraction of sp³-hybridized carbons (Fsp3) is 0.750. The summed E-state index contributed by atoms with van der Waals surface area (Å²) in [5, 5.41) is 5.78. The first-order chi connectivity index (χ1) is 9.37. The molecule has 0 amide bonds. The van der Waals surface area contributed by atoms with E-state index in [1.165, 1.54) is 41.6 Å². The Morgan fingerprint density at radius 2 is 1.90 bits per heavy atom. The first-order valence-electron chi connectivity index (χ1n) is 7.53. The van der Waals surface area contributed by atoms with Crippen LogP contribution < -0.4 is 5.32 Å². The van der Waals surface area contributed by atoms with Crippen LogP contribution in [-0.2, 0) is 6.54 Å². The Morgan fingerprint density at radius 3 is 2.50 bits per heavy atom. The van der Waals surface area contributed by atoms with Crippen LogP contribution in [0.3, 0.4) is 0 Å². The summed E-state index contributed by atoms with van der Waals surface area (Å²) in [6.45, 7) is 10.1. The monoisotopic (exact) mass is 360 g/mol. The maximum atomic E-state index is 3.54. The quantitative estimate of drug-likeness (QED) is 0.630. The van der Waals surface area contributed by atoms with Crippen LogP contribution in [0.2, 0.25) is 0 Å². The van der Waals surface area contributed by atoms with Crippen LogP contribution in [0.1, 0.15) is 52.0 Å². The van der Waals surface area contributed by atoms with Gasteiger partial charge in [0.1, 0.15) is 0 Å². The van der Waals surface area contributed by atoms with Crippen LogP contribution >= 0.6 is 27.3 Å². The molecule has 0 aliphatic heterocycles. The van der Waals surface area contributed by atoms with Crippen molar-refractivity contribution in [2.45, 2.75) is 58.5 Å². The van der Waals surface area contributed by atoms with E-state index in [0.29, 0.717) is 0 Å². The molecular formula is C16H29BrN2S. The SMILES string of the molecule is CN(CCCCCCNC(C)(C)C)Cc1csc(Br)c1. The van der Waals surface area contributed by atoms with E-state index < -0.39 is 0 Å². The normalized spacial score (nSPS) is 12.3. The molecule has 0 aliphatic carbocycles. The molecule has 0 aliphatic rings. The predicted octanol–water partition coefficient (Wildman–Crippen LogP) is 4.89. The van der Waals surface area contributed by atoms with E-state index in [4.69, 9.17) is 0 Å². The van der Waals surface area contributed by atoms with Crippen molar-refractivity contribution >= 4 is 27.3 Å². The number of rotatable bonds is 9. The van der Waals surface area contributed by atoms with Crippen molar-refractivity contribution in [2.24, 2.45) is 0 Å². The number of hydrogen-bond donors (Lipinski definition) is 1. The Kier molecular flexibility index (Phi) is 8.34. The molecule has 0 saturated carbocycles. The lowest BCUT2D eigenvalue weighted by atomic mass is 10.1. The molecule has 0 spiro atoms. The largest absolute Gasteiger partial charge is 0.312 e. The summed E-state index contributed by atoms with van der Waals surface area (Å²) in [6.07, 6.45) is 5.26. The zero-order chi connectivity index (χ0) is 15.0. The molecule has 0 aromatic carbocycles. The maximum absolute atomic E-state index is 3.54. The van der Waals surface area contributed by atoms with E-state index in [9.17, 15) is 0 Å². The van der Waals surface area contributed by atoms with E-state index in [0.717, 1.165) is 13.1 Å². The van der Waals surface area contributed by atoms with Crippen LogP contribution in [0.4, 0.5) is 0 Å². The highest BCUT2D eigenvalue weighted by molar-refractivity contribution is 9.11. The molecule has 116 valence electrons. The van der Waals surface area contributed by atoms with Gasteiger partial charge in [-0.2, -0.15) is 0 Å². The van der Waals surface area contributed by atoms with Crippen molar-refractivity contribution in [1.82, 2.24) is 10.2 Å². The van der Waals surface area contributed by atoms with Gasteiger partial charge in [0, 0.05) is 12.1 Å². The zero-order valence-electron chi connectivity index (χ0n) is 13.3. The molecule has 0 fully saturated rings. The molecule has 0 radical (unpaired) electrons. The van der Waals surface area contributed by atoms with Gasteiger partial charge in [0.05, 0.1) is 3.79 Å². The topological polar surface area (TPSA) is 15.3 Å². The van der Waals surface area contributed by atoms with Crippen molar-refractivity contribution < 1.29 is 0 Å². The molecule has 1 rings (SSSR count). The smallest absolute Gasteiger partial charge is 0.0701 e. The second-order valence-electron chi connectivity index (χ2n) is 6.59. The number of unbranched alkanes of at least 4 members (excludes halogenated alkanes) is 3. The molecule has 0 saturated heterocycles. The Labute approximate surface area is 137 Å². The third-order valence-electron chi connectivity index (χ3n) is 3.20. The summed E-state index contributed by atoms with van der Waals surface area (Å²) in [5.41, 5.74) is 1.67. The lowest BCUT2D eigenvalue weighted by molar-refractivity contribution is 0.316. The summed E-state index contributed by atoms with van der Waals surface area (Å²) < 4.78 is 1.23. The number of halogens is 1. The molecule has 4 heteroatoms. The molecule has 2 nitrogen and oxygen atoms in total. The number of nitrogens with one attached hydrogen (secondary N) is 1. The lowest BCUT2D eigenvalue weighted by Gasteiger charge is -2.20. The molecule has 0 bridgehead atoms. The fourth-order valence-electron chi connectivity index (χ4n) is 2.14. The molecule has 20 heavy (non-hydrogen) atoms. The van der Waals surface area contributed by atoms with E-state index in [1.54, 1.807) is 11.3 Å². The Hall–Kier alpha value is 0.100. The predicted molar refractivity (Wildman–Crippen MR) is 94.6 cm³/mol. The van der Waals surface area contributed by atoms with Gasteiger partial charge in [0.15, 0.2) is 0 Å². The molecule has 1 N–H and O–H groups in total. The van der Waals surface area contributed by atoms with E-state index in [2.05, 4.69) is 65.4 Å². The van der Waals surface area contributed by atoms with E-state index in [-0.39, 0.29) is 5.54 Å². The number of hydrogen-bond acceptors (Lipinski definition) is 3. The zero-order valence-corrected chi connectivity index (χ0v) is 15.7.